The van der Waals surface area contributed by atoms with Gasteiger partial charge in [0.05, 0.1) is 0 Å². The van der Waals surface area contributed by atoms with Gasteiger partial charge in [0.1, 0.15) is 5.75 Å². The molecule has 1 atom stereocenters. The Morgan fingerprint density at radius 2 is 2.25 bits per heavy atom. The molecule has 0 radical (unpaired) electrons. The first kappa shape index (κ1) is 7.16. The highest BCUT2D eigenvalue weighted by molar-refractivity contribution is 5.74. The van der Waals surface area contributed by atoms with E-state index in [1.54, 1.807) is 6.07 Å². The number of aliphatic carboxylic acids is 1. The first-order chi connectivity index (χ1) is 5.77. The van der Waals surface area contributed by atoms with Gasteiger partial charge in [-0.3, -0.25) is 0 Å². The lowest BCUT2D eigenvalue weighted by molar-refractivity contribution is -0.144. The second-order valence-corrected chi connectivity index (χ2v) is 2.76. The SMILES string of the molecule is O=C(O)[C@@H]1Cc2ccccc2O1. The van der Waals surface area contributed by atoms with E-state index in [0.717, 1.165) is 5.56 Å². The summed E-state index contributed by atoms with van der Waals surface area (Å²) in [6, 6.07) is 7.39. The monoisotopic (exact) mass is 164 g/mol. The van der Waals surface area contributed by atoms with Crippen molar-refractivity contribution in [3.05, 3.63) is 29.8 Å². The minimum Gasteiger partial charge on any atom is -0.478 e. The minimum absolute atomic E-state index is 0.478. The van der Waals surface area contributed by atoms with Gasteiger partial charge in [0.25, 0.3) is 0 Å². The molecule has 2 rings (SSSR count). The third-order valence-electron chi connectivity index (χ3n) is 1.92. The van der Waals surface area contributed by atoms with Crippen molar-refractivity contribution in [3.63, 3.8) is 0 Å². The van der Waals surface area contributed by atoms with Gasteiger partial charge in [-0.25, -0.2) is 4.79 Å². The van der Waals surface area contributed by atoms with Crippen LogP contribution in [0.15, 0.2) is 24.3 Å². The fourth-order valence-corrected chi connectivity index (χ4v) is 1.32. The molecule has 1 heterocycles. The third-order valence-corrected chi connectivity index (χ3v) is 1.92. The smallest absolute Gasteiger partial charge is 0.345 e. The van der Waals surface area contributed by atoms with E-state index in [-0.39, 0.29) is 0 Å². The highest BCUT2D eigenvalue weighted by Gasteiger charge is 2.27. The summed E-state index contributed by atoms with van der Waals surface area (Å²) in [7, 11) is 0. The minimum atomic E-state index is -0.897. The quantitative estimate of drug-likeness (QED) is 0.675. The van der Waals surface area contributed by atoms with Crippen molar-refractivity contribution in [2.75, 3.05) is 0 Å². The second kappa shape index (κ2) is 2.52. The third kappa shape index (κ3) is 1.03. The lowest BCUT2D eigenvalue weighted by atomic mass is 10.1. The molecule has 1 aromatic rings. The van der Waals surface area contributed by atoms with E-state index < -0.39 is 12.1 Å². The molecule has 1 aromatic carbocycles. The van der Waals surface area contributed by atoms with Crippen molar-refractivity contribution in [2.24, 2.45) is 0 Å². The van der Waals surface area contributed by atoms with Crippen molar-refractivity contribution in [1.82, 2.24) is 0 Å². The maximum Gasteiger partial charge on any atom is 0.345 e. The molecule has 0 saturated heterocycles. The maximum absolute atomic E-state index is 10.5. The highest BCUT2D eigenvalue weighted by atomic mass is 16.5. The number of fused-ring (bicyclic) bond motifs is 1. The zero-order valence-electron chi connectivity index (χ0n) is 6.36. The number of ether oxygens (including phenoxy) is 1. The zero-order chi connectivity index (χ0) is 8.55. The molecule has 62 valence electrons. The van der Waals surface area contributed by atoms with E-state index in [2.05, 4.69) is 0 Å². The standard InChI is InChI=1S/C9H8O3/c10-9(11)8-5-6-3-1-2-4-7(6)12-8/h1-4,8H,5H2,(H,10,11)/t8-/m0/s1. The first-order valence-corrected chi connectivity index (χ1v) is 3.75. The van der Waals surface area contributed by atoms with Gasteiger partial charge in [-0.2, -0.15) is 0 Å². The Morgan fingerprint density at radius 1 is 1.50 bits per heavy atom. The van der Waals surface area contributed by atoms with E-state index in [1.165, 1.54) is 0 Å². The van der Waals surface area contributed by atoms with Crippen LogP contribution in [0.25, 0.3) is 0 Å². The molecule has 3 heteroatoms. The molecule has 3 nitrogen and oxygen atoms in total. The highest BCUT2D eigenvalue weighted by Crippen LogP contribution is 2.27. The van der Waals surface area contributed by atoms with Crippen LogP contribution in [0.4, 0.5) is 0 Å². The largest absolute Gasteiger partial charge is 0.478 e. The van der Waals surface area contributed by atoms with E-state index >= 15 is 0 Å². The molecule has 0 fully saturated rings. The molecular formula is C9H8O3. The van der Waals surface area contributed by atoms with Gasteiger partial charge >= 0.3 is 5.97 Å². The van der Waals surface area contributed by atoms with E-state index in [1.807, 2.05) is 18.2 Å². The van der Waals surface area contributed by atoms with Gasteiger partial charge in [0.15, 0.2) is 6.10 Å². The average Bonchev–Trinajstić information content (AvgIpc) is 2.46. The van der Waals surface area contributed by atoms with Gasteiger partial charge in [-0.05, 0) is 11.6 Å². The van der Waals surface area contributed by atoms with Crippen LogP contribution in [-0.4, -0.2) is 17.2 Å². The molecule has 12 heavy (non-hydrogen) atoms. The fraction of sp³-hybridized carbons (Fsp3) is 0.222. The van der Waals surface area contributed by atoms with Crippen LogP contribution in [-0.2, 0) is 11.2 Å². The molecule has 0 aliphatic carbocycles. The molecule has 1 N–H and O–H groups in total. The van der Waals surface area contributed by atoms with Crippen LogP contribution in [0.3, 0.4) is 0 Å². The first-order valence-electron chi connectivity index (χ1n) is 3.75. The van der Waals surface area contributed by atoms with Crippen molar-refractivity contribution >= 4 is 5.97 Å². The van der Waals surface area contributed by atoms with Gasteiger partial charge < -0.3 is 9.84 Å². The molecule has 0 spiro atoms. The molecule has 1 aliphatic heterocycles. The summed E-state index contributed by atoms with van der Waals surface area (Å²) in [5, 5.41) is 8.66. The summed E-state index contributed by atoms with van der Waals surface area (Å²) in [5.41, 5.74) is 0.977. The number of rotatable bonds is 1. The normalized spacial score (nSPS) is 19.8. The molecule has 0 amide bonds. The summed E-state index contributed by atoms with van der Waals surface area (Å²) in [6.45, 7) is 0. The van der Waals surface area contributed by atoms with Gasteiger partial charge in [0, 0.05) is 6.42 Å². The summed E-state index contributed by atoms with van der Waals surface area (Å²) in [6.07, 6.45) is -0.215. The van der Waals surface area contributed by atoms with Crippen molar-refractivity contribution in [1.29, 1.82) is 0 Å². The lowest BCUT2D eigenvalue weighted by Crippen LogP contribution is -2.24. The van der Waals surface area contributed by atoms with Crippen LogP contribution in [0, 0.1) is 0 Å². The molecule has 0 unspecified atom stereocenters. The maximum atomic E-state index is 10.5. The zero-order valence-corrected chi connectivity index (χ0v) is 6.36. The van der Waals surface area contributed by atoms with E-state index in [0.29, 0.717) is 12.2 Å². The molecule has 0 aromatic heterocycles. The Bertz CT molecular complexity index is 294. The Labute approximate surface area is 69.6 Å². The van der Waals surface area contributed by atoms with E-state index in [4.69, 9.17) is 9.84 Å². The predicted octanol–water partition coefficient (Wildman–Crippen LogP) is 1.07. The van der Waals surface area contributed by atoms with Crippen LogP contribution in [0.2, 0.25) is 0 Å². The Morgan fingerprint density at radius 3 is 2.92 bits per heavy atom. The number of benzene rings is 1. The molecular weight excluding hydrogens is 156 g/mol. The number of hydrogen-bond donors (Lipinski definition) is 1. The Balaban J connectivity index is 2.27. The number of hydrogen-bond acceptors (Lipinski definition) is 2. The van der Waals surface area contributed by atoms with Gasteiger partial charge in [0.2, 0.25) is 0 Å². The number of para-hydroxylation sites is 1. The predicted molar refractivity (Wildman–Crippen MR) is 42.2 cm³/mol. The summed E-state index contributed by atoms with van der Waals surface area (Å²) >= 11 is 0. The summed E-state index contributed by atoms with van der Waals surface area (Å²) < 4.78 is 5.17. The number of carboxylic acid groups (broad SMARTS) is 1. The van der Waals surface area contributed by atoms with Crippen LogP contribution < -0.4 is 4.74 Å². The Hall–Kier alpha value is -1.51. The van der Waals surface area contributed by atoms with Crippen LogP contribution in [0.5, 0.6) is 5.75 Å². The van der Waals surface area contributed by atoms with Crippen LogP contribution in [0.1, 0.15) is 5.56 Å². The molecule has 0 saturated carbocycles. The number of carboxylic acids is 1. The van der Waals surface area contributed by atoms with Crippen molar-refractivity contribution < 1.29 is 14.6 Å². The van der Waals surface area contributed by atoms with Gasteiger partial charge in [-0.15, -0.1) is 0 Å². The number of carbonyl (C=O) groups is 1. The van der Waals surface area contributed by atoms with Crippen LogP contribution >= 0.6 is 0 Å². The summed E-state index contributed by atoms with van der Waals surface area (Å²) in [4.78, 5) is 10.5. The van der Waals surface area contributed by atoms with Crippen molar-refractivity contribution in [3.8, 4) is 5.75 Å². The van der Waals surface area contributed by atoms with Gasteiger partial charge in [-0.1, -0.05) is 18.2 Å². The average molecular weight is 164 g/mol. The molecule has 1 aliphatic rings. The lowest BCUT2D eigenvalue weighted by Gasteiger charge is -2.02. The molecule has 0 bridgehead atoms. The van der Waals surface area contributed by atoms with E-state index in [9.17, 15) is 4.79 Å². The topological polar surface area (TPSA) is 46.5 Å². The second-order valence-electron chi connectivity index (χ2n) is 2.76. The van der Waals surface area contributed by atoms with Crippen molar-refractivity contribution in [2.45, 2.75) is 12.5 Å². The fourth-order valence-electron chi connectivity index (χ4n) is 1.32. The summed E-state index contributed by atoms with van der Waals surface area (Å²) in [5.74, 6) is -0.198. The Kier molecular flexibility index (Phi) is 1.50.